The van der Waals surface area contributed by atoms with Crippen molar-refractivity contribution in [3.8, 4) is 11.8 Å². The zero-order valence-corrected chi connectivity index (χ0v) is 24.2. The average molecular weight is 558 g/mol. The normalized spacial score (nSPS) is 11.4. The summed E-state index contributed by atoms with van der Waals surface area (Å²) < 4.78 is 6.00. The number of carbonyl (C=O) groups is 2. The number of hydrogen-bond acceptors (Lipinski definition) is 5. The minimum Gasteiger partial charge on any atom is -0.458 e. The van der Waals surface area contributed by atoms with Crippen molar-refractivity contribution in [2.75, 3.05) is 13.1 Å². The molecule has 0 aliphatic rings. The number of nitrogens with zero attached hydrogens (tertiary/aromatic N) is 2. The van der Waals surface area contributed by atoms with Crippen LogP contribution in [0.15, 0.2) is 115 Å². The number of aromatic nitrogens is 1. The van der Waals surface area contributed by atoms with E-state index in [0.29, 0.717) is 11.3 Å². The third-order valence-corrected chi connectivity index (χ3v) is 6.32. The van der Waals surface area contributed by atoms with E-state index in [2.05, 4.69) is 16.8 Å². The van der Waals surface area contributed by atoms with Crippen LogP contribution in [0.3, 0.4) is 0 Å². The number of ether oxygens (including phenoxy) is 1. The van der Waals surface area contributed by atoms with E-state index in [4.69, 9.17) is 10.5 Å². The van der Waals surface area contributed by atoms with Gasteiger partial charge in [-0.15, -0.1) is 0 Å². The molecule has 0 saturated carbocycles. The highest BCUT2D eigenvalue weighted by atomic mass is 16.6. The smallest absolute Gasteiger partial charge is 0.334 e. The molecule has 42 heavy (non-hydrogen) atoms. The average Bonchev–Trinajstić information content (AvgIpc) is 3.00. The maximum Gasteiger partial charge on any atom is 0.334 e. The molecule has 212 valence electrons. The molecule has 4 aromatic rings. The van der Waals surface area contributed by atoms with Crippen molar-refractivity contribution in [1.29, 1.82) is 0 Å². The van der Waals surface area contributed by atoms with Crippen molar-refractivity contribution in [3.05, 3.63) is 138 Å². The molecule has 1 aromatic heterocycles. The van der Waals surface area contributed by atoms with E-state index in [-0.39, 0.29) is 13.1 Å². The highest BCUT2D eigenvalue weighted by molar-refractivity contribution is 6.08. The topological polar surface area (TPSA) is 85.5 Å². The van der Waals surface area contributed by atoms with Crippen molar-refractivity contribution in [2.24, 2.45) is 5.73 Å². The van der Waals surface area contributed by atoms with E-state index in [1.54, 1.807) is 39.1 Å². The van der Waals surface area contributed by atoms with Gasteiger partial charge in [0.25, 0.3) is 0 Å². The molecule has 1 atom stereocenters. The van der Waals surface area contributed by atoms with Crippen LogP contribution in [0.5, 0.6) is 0 Å². The van der Waals surface area contributed by atoms with E-state index < -0.39 is 23.5 Å². The number of esters is 1. The van der Waals surface area contributed by atoms with E-state index in [1.807, 2.05) is 97.1 Å². The number of carbonyl (C=O) groups excluding carboxylic acids is 2. The number of hydrogen-bond donors (Lipinski definition) is 1. The first-order valence-electron chi connectivity index (χ1n) is 13.8. The van der Waals surface area contributed by atoms with Crippen LogP contribution in [0.2, 0.25) is 0 Å². The van der Waals surface area contributed by atoms with Crippen LogP contribution in [0.25, 0.3) is 11.1 Å². The first-order valence-corrected chi connectivity index (χ1v) is 13.8. The summed E-state index contributed by atoms with van der Waals surface area (Å²) in [5.74, 6) is 5.04. The van der Waals surface area contributed by atoms with Gasteiger partial charge in [0, 0.05) is 11.8 Å². The van der Waals surface area contributed by atoms with Gasteiger partial charge in [-0.1, -0.05) is 103 Å². The molecule has 4 rings (SSSR count). The Morgan fingerprint density at radius 3 is 1.81 bits per heavy atom. The van der Waals surface area contributed by atoms with Gasteiger partial charge in [-0.2, -0.15) is 0 Å². The van der Waals surface area contributed by atoms with Crippen molar-refractivity contribution in [1.82, 2.24) is 9.88 Å². The molecule has 0 bridgehead atoms. The van der Waals surface area contributed by atoms with Gasteiger partial charge >= 0.3 is 5.97 Å². The summed E-state index contributed by atoms with van der Waals surface area (Å²) in [5, 5.41) is 0. The minimum atomic E-state index is -1.16. The summed E-state index contributed by atoms with van der Waals surface area (Å²) in [5.41, 5.74) is 9.63. The first kappa shape index (κ1) is 30.0. The second-order valence-corrected chi connectivity index (χ2v) is 10.6. The van der Waals surface area contributed by atoms with Gasteiger partial charge in [-0.25, -0.2) is 9.78 Å². The largest absolute Gasteiger partial charge is 0.458 e. The number of benzene rings is 3. The van der Waals surface area contributed by atoms with Crippen LogP contribution >= 0.6 is 0 Å². The summed E-state index contributed by atoms with van der Waals surface area (Å²) in [6, 6.07) is 33.5. The van der Waals surface area contributed by atoms with Gasteiger partial charge in [0.2, 0.25) is 5.91 Å². The first-order chi connectivity index (χ1) is 20.3. The third-order valence-electron chi connectivity index (χ3n) is 6.32. The zero-order valence-electron chi connectivity index (χ0n) is 24.2. The second kappa shape index (κ2) is 14.1. The highest BCUT2D eigenvalue weighted by Gasteiger charge is 2.38. The standard InChI is InChI=1S/C36H35N3O3/c1-36(2,3)42-35(41)34(39(31(40)26-37)25-15-23-30-22-13-14-24-38-30)33(29-20-11-6-12-21-29)32(27-16-7-4-8-17-27)28-18-9-5-10-19-28/h4-14,16-22,24,34H,25-26,37H2,1-3H3/t34-/m1/s1. The molecule has 0 unspecified atom stereocenters. The minimum absolute atomic E-state index is 0.0658. The van der Waals surface area contributed by atoms with Crippen LogP contribution < -0.4 is 5.73 Å². The molecule has 2 N–H and O–H groups in total. The Morgan fingerprint density at radius 1 is 0.810 bits per heavy atom. The molecule has 0 radical (unpaired) electrons. The molecule has 3 aromatic carbocycles. The summed E-state index contributed by atoms with van der Waals surface area (Å²) in [4.78, 5) is 33.5. The maximum absolute atomic E-state index is 14.3. The lowest BCUT2D eigenvalue weighted by molar-refractivity contribution is -0.161. The number of amides is 1. The van der Waals surface area contributed by atoms with Crippen LogP contribution in [-0.4, -0.2) is 46.5 Å². The SMILES string of the molecule is CC(C)(C)OC(=O)[C@@H](C(=C(c1ccccc1)c1ccccc1)c1ccccc1)N(CC#Cc1ccccn1)C(=O)CN. The predicted octanol–water partition coefficient (Wildman–Crippen LogP) is 5.59. The van der Waals surface area contributed by atoms with Gasteiger partial charge in [0.05, 0.1) is 13.1 Å². The molecule has 0 spiro atoms. The molecule has 0 fully saturated rings. The summed E-state index contributed by atoms with van der Waals surface area (Å²) in [6.07, 6.45) is 1.65. The molecule has 6 heteroatoms. The lowest BCUT2D eigenvalue weighted by atomic mass is 9.85. The Hall–Kier alpha value is -4.99. The van der Waals surface area contributed by atoms with Crippen LogP contribution in [0, 0.1) is 11.8 Å². The molecular weight excluding hydrogens is 522 g/mol. The fourth-order valence-corrected chi connectivity index (χ4v) is 4.60. The highest BCUT2D eigenvalue weighted by Crippen LogP contribution is 2.37. The second-order valence-electron chi connectivity index (χ2n) is 10.6. The summed E-state index contributed by atoms with van der Waals surface area (Å²) >= 11 is 0. The van der Waals surface area contributed by atoms with Gasteiger partial charge < -0.3 is 15.4 Å². The molecule has 0 aliphatic heterocycles. The molecule has 6 nitrogen and oxygen atoms in total. The Labute approximate surface area is 247 Å². The lowest BCUT2D eigenvalue weighted by Crippen LogP contribution is -2.50. The Kier molecular flexibility index (Phi) is 10.0. The van der Waals surface area contributed by atoms with Gasteiger partial charge in [0.1, 0.15) is 11.3 Å². The Morgan fingerprint density at radius 2 is 1.33 bits per heavy atom. The number of rotatable bonds is 8. The molecule has 0 saturated heterocycles. The van der Waals surface area contributed by atoms with Crippen molar-refractivity contribution in [3.63, 3.8) is 0 Å². The Bertz CT molecular complexity index is 1530. The monoisotopic (exact) mass is 557 g/mol. The quantitative estimate of drug-likeness (QED) is 0.173. The summed E-state index contributed by atoms with van der Waals surface area (Å²) in [7, 11) is 0. The Balaban J connectivity index is 2.04. The van der Waals surface area contributed by atoms with E-state index in [0.717, 1.165) is 22.3 Å². The summed E-state index contributed by atoms with van der Waals surface area (Å²) in [6.45, 7) is 5.04. The maximum atomic E-state index is 14.3. The van der Waals surface area contributed by atoms with Gasteiger partial charge in [-0.05, 0) is 61.1 Å². The van der Waals surface area contributed by atoms with Crippen LogP contribution in [0.4, 0.5) is 0 Å². The van der Waals surface area contributed by atoms with Crippen molar-refractivity contribution < 1.29 is 14.3 Å². The van der Waals surface area contributed by atoms with E-state index in [9.17, 15) is 9.59 Å². The lowest BCUT2D eigenvalue weighted by Gasteiger charge is -2.34. The number of pyridine rings is 1. The number of nitrogens with two attached hydrogens (primary N) is 1. The predicted molar refractivity (Wildman–Crippen MR) is 167 cm³/mol. The van der Waals surface area contributed by atoms with Crippen molar-refractivity contribution >= 4 is 23.0 Å². The molecular formula is C36H35N3O3. The van der Waals surface area contributed by atoms with Gasteiger partial charge in [-0.3, -0.25) is 4.79 Å². The zero-order chi connectivity index (χ0) is 30.0. The molecule has 1 heterocycles. The van der Waals surface area contributed by atoms with Crippen LogP contribution in [-0.2, 0) is 14.3 Å². The van der Waals surface area contributed by atoms with Crippen LogP contribution in [0.1, 0.15) is 43.2 Å². The fourth-order valence-electron chi connectivity index (χ4n) is 4.60. The third kappa shape index (κ3) is 7.81. The van der Waals surface area contributed by atoms with Crippen molar-refractivity contribution in [2.45, 2.75) is 32.4 Å². The molecule has 0 aliphatic carbocycles. The molecule has 1 amide bonds. The van der Waals surface area contributed by atoms with E-state index >= 15 is 0 Å². The van der Waals surface area contributed by atoms with Gasteiger partial charge in [0.15, 0.2) is 6.04 Å². The fraction of sp³-hybridized carbons (Fsp3) is 0.194. The van der Waals surface area contributed by atoms with E-state index in [1.165, 1.54) is 4.90 Å².